The van der Waals surface area contributed by atoms with Crippen molar-refractivity contribution in [2.45, 2.75) is 45.3 Å². The number of anilines is 2. The molecule has 7 heteroatoms. The molecule has 0 saturated carbocycles. The first-order valence-electron chi connectivity index (χ1n) is 10.2. The van der Waals surface area contributed by atoms with Gasteiger partial charge in [-0.25, -0.2) is 4.79 Å². The topological polar surface area (TPSA) is 71.3 Å². The van der Waals surface area contributed by atoms with E-state index in [4.69, 9.17) is 15.2 Å². The molecule has 0 bridgehead atoms. The Morgan fingerprint density at radius 3 is 2.29 bits per heavy atom. The highest BCUT2D eigenvalue weighted by molar-refractivity contribution is 5.68. The monoisotopic (exact) mass is 390 g/mol. The molecule has 0 aliphatic carbocycles. The summed E-state index contributed by atoms with van der Waals surface area (Å²) in [5.41, 5.74) is 7.27. The van der Waals surface area contributed by atoms with E-state index in [1.54, 1.807) is 7.11 Å². The van der Waals surface area contributed by atoms with Crippen LogP contribution in [0.5, 0.6) is 5.75 Å². The molecule has 0 radical (unpaired) electrons. The predicted octanol–water partition coefficient (Wildman–Crippen LogP) is 2.80. The third kappa shape index (κ3) is 5.01. The van der Waals surface area contributed by atoms with Crippen LogP contribution in [0.4, 0.5) is 16.2 Å². The molecule has 28 heavy (non-hydrogen) atoms. The van der Waals surface area contributed by atoms with Crippen LogP contribution in [0.1, 0.15) is 33.6 Å². The zero-order valence-electron chi connectivity index (χ0n) is 17.6. The molecule has 0 atom stereocenters. The SMILES string of the molecule is COc1cc(N)ccc1N1CCC(N2CCN(C(=O)OC(C)(C)C)CC2)CC1. The smallest absolute Gasteiger partial charge is 0.410 e. The number of hydrogen-bond acceptors (Lipinski definition) is 6. The summed E-state index contributed by atoms with van der Waals surface area (Å²) in [5, 5.41) is 0. The highest BCUT2D eigenvalue weighted by atomic mass is 16.6. The summed E-state index contributed by atoms with van der Waals surface area (Å²) >= 11 is 0. The van der Waals surface area contributed by atoms with Crippen molar-refractivity contribution in [1.29, 1.82) is 0 Å². The summed E-state index contributed by atoms with van der Waals surface area (Å²) in [6.07, 6.45) is 2.03. The molecule has 2 fully saturated rings. The molecule has 1 amide bonds. The van der Waals surface area contributed by atoms with Crippen LogP contribution < -0.4 is 15.4 Å². The van der Waals surface area contributed by atoms with Crippen LogP contribution in [-0.4, -0.2) is 73.9 Å². The summed E-state index contributed by atoms with van der Waals surface area (Å²) in [7, 11) is 1.69. The molecule has 0 spiro atoms. The van der Waals surface area contributed by atoms with Crippen LogP contribution in [0.25, 0.3) is 0 Å². The number of amides is 1. The van der Waals surface area contributed by atoms with Gasteiger partial charge in [0, 0.05) is 57.1 Å². The second-order valence-electron chi connectivity index (χ2n) is 8.65. The Labute approximate surface area is 168 Å². The number of nitrogens with two attached hydrogens (primary N) is 1. The molecule has 3 rings (SSSR count). The van der Waals surface area contributed by atoms with E-state index >= 15 is 0 Å². The van der Waals surface area contributed by atoms with E-state index in [9.17, 15) is 4.79 Å². The van der Waals surface area contributed by atoms with Gasteiger partial charge in [-0.15, -0.1) is 0 Å². The Morgan fingerprint density at radius 2 is 1.71 bits per heavy atom. The summed E-state index contributed by atoms with van der Waals surface area (Å²) in [4.78, 5) is 19.0. The van der Waals surface area contributed by atoms with Crippen molar-refractivity contribution < 1.29 is 14.3 Å². The van der Waals surface area contributed by atoms with Gasteiger partial charge in [0.1, 0.15) is 11.4 Å². The second kappa shape index (κ2) is 8.47. The lowest BCUT2D eigenvalue weighted by molar-refractivity contribution is 0.00902. The lowest BCUT2D eigenvalue weighted by Crippen LogP contribution is -2.55. The molecular weight excluding hydrogens is 356 g/mol. The molecule has 2 aliphatic heterocycles. The summed E-state index contributed by atoms with van der Waals surface area (Å²) in [6, 6.07) is 6.43. The van der Waals surface area contributed by atoms with Crippen LogP contribution in [-0.2, 0) is 4.74 Å². The number of benzene rings is 1. The third-order valence-corrected chi connectivity index (χ3v) is 5.49. The van der Waals surface area contributed by atoms with Gasteiger partial charge in [-0.05, 0) is 45.7 Å². The Morgan fingerprint density at radius 1 is 1.07 bits per heavy atom. The lowest BCUT2D eigenvalue weighted by Gasteiger charge is -2.43. The Balaban J connectivity index is 1.49. The quantitative estimate of drug-likeness (QED) is 0.801. The van der Waals surface area contributed by atoms with Crippen LogP contribution >= 0.6 is 0 Å². The summed E-state index contributed by atoms with van der Waals surface area (Å²) in [5.74, 6) is 0.837. The van der Waals surface area contributed by atoms with E-state index < -0.39 is 5.60 Å². The number of nitrogen functional groups attached to an aromatic ring is 1. The number of ether oxygens (including phenoxy) is 2. The minimum Gasteiger partial charge on any atom is -0.495 e. The molecule has 0 aromatic heterocycles. The van der Waals surface area contributed by atoms with Crippen LogP contribution in [0.3, 0.4) is 0 Å². The zero-order chi connectivity index (χ0) is 20.3. The van der Waals surface area contributed by atoms with E-state index in [-0.39, 0.29) is 6.09 Å². The lowest BCUT2D eigenvalue weighted by atomic mass is 10.0. The highest BCUT2D eigenvalue weighted by Gasteiger charge is 2.31. The Hall–Kier alpha value is -2.15. The summed E-state index contributed by atoms with van der Waals surface area (Å²) in [6.45, 7) is 11.0. The van der Waals surface area contributed by atoms with Gasteiger partial charge < -0.3 is 25.0 Å². The van der Waals surface area contributed by atoms with Gasteiger partial charge in [0.2, 0.25) is 0 Å². The average Bonchev–Trinajstić information content (AvgIpc) is 2.67. The first kappa shape index (κ1) is 20.6. The van der Waals surface area contributed by atoms with Crippen molar-refractivity contribution in [2.75, 3.05) is 57.0 Å². The highest BCUT2D eigenvalue weighted by Crippen LogP contribution is 2.33. The predicted molar refractivity (Wildman–Crippen MR) is 112 cm³/mol. The number of carbonyl (C=O) groups excluding carboxylic acids is 1. The number of piperazine rings is 1. The van der Waals surface area contributed by atoms with Crippen molar-refractivity contribution >= 4 is 17.5 Å². The van der Waals surface area contributed by atoms with Crippen LogP contribution in [0.15, 0.2) is 18.2 Å². The number of piperidine rings is 1. The number of rotatable bonds is 3. The molecule has 156 valence electrons. The van der Waals surface area contributed by atoms with Crippen molar-refractivity contribution in [3.8, 4) is 5.75 Å². The first-order valence-corrected chi connectivity index (χ1v) is 10.2. The van der Waals surface area contributed by atoms with Gasteiger partial charge >= 0.3 is 6.09 Å². The number of carbonyl (C=O) groups is 1. The zero-order valence-corrected chi connectivity index (χ0v) is 17.6. The van der Waals surface area contributed by atoms with Crippen molar-refractivity contribution in [3.63, 3.8) is 0 Å². The van der Waals surface area contributed by atoms with Gasteiger partial charge in [-0.1, -0.05) is 0 Å². The van der Waals surface area contributed by atoms with Crippen molar-refractivity contribution in [2.24, 2.45) is 0 Å². The molecule has 2 aliphatic rings. The van der Waals surface area contributed by atoms with E-state index in [1.165, 1.54) is 0 Å². The number of nitrogens with zero attached hydrogens (tertiary/aromatic N) is 3. The van der Waals surface area contributed by atoms with E-state index in [1.807, 2.05) is 43.9 Å². The maximum absolute atomic E-state index is 12.2. The minimum absolute atomic E-state index is 0.197. The summed E-state index contributed by atoms with van der Waals surface area (Å²) < 4.78 is 11.0. The van der Waals surface area contributed by atoms with Gasteiger partial charge in [-0.3, -0.25) is 4.90 Å². The largest absolute Gasteiger partial charge is 0.495 e. The van der Waals surface area contributed by atoms with Crippen LogP contribution in [0, 0.1) is 0 Å². The molecule has 1 aromatic rings. The van der Waals surface area contributed by atoms with Crippen molar-refractivity contribution in [1.82, 2.24) is 9.80 Å². The maximum atomic E-state index is 12.2. The minimum atomic E-state index is -0.440. The molecule has 2 heterocycles. The molecule has 0 unspecified atom stereocenters. The molecule has 2 saturated heterocycles. The van der Waals surface area contributed by atoms with Gasteiger partial charge in [0.15, 0.2) is 0 Å². The molecule has 7 nitrogen and oxygen atoms in total. The normalized spacial score (nSPS) is 19.6. The standard InChI is InChI=1S/C21H34N4O3/c1-21(2,3)28-20(26)25-13-11-23(12-14-25)17-7-9-24(10-8-17)18-6-5-16(22)15-19(18)27-4/h5-6,15,17H,7-14,22H2,1-4H3. The first-order chi connectivity index (χ1) is 13.3. The third-order valence-electron chi connectivity index (χ3n) is 5.49. The van der Waals surface area contributed by atoms with Crippen molar-refractivity contribution in [3.05, 3.63) is 18.2 Å². The maximum Gasteiger partial charge on any atom is 0.410 e. The van der Waals surface area contributed by atoms with E-state index in [0.717, 1.165) is 69.2 Å². The van der Waals surface area contributed by atoms with Gasteiger partial charge in [0.05, 0.1) is 12.8 Å². The Kier molecular flexibility index (Phi) is 6.23. The number of methoxy groups -OCH3 is 1. The average molecular weight is 391 g/mol. The number of hydrogen-bond donors (Lipinski definition) is 1. The fourth-order valence-electron chi connectivity index (χ4n) is 4.02. The van der Waals surface area contributed by atoms with Gasteiger partial charge in [0.25, 0.3) is 0 Å². The fraction of sp³-hybridized carbons (Fsp3) is 0.667. The second-order valence-corrected chi connectivity index (χ2v) is 8.65. The van der Waals surface area contributed by atoms with E-state index in [0.29, 0.717) is 6.04 Å². The Bertz CT molecular complexity index is 673. The molecular formula is C21H34N4O3. The fourth-order valence-corrected chi connectivity index (χ4v) is 4.02. The van der Waals surface area contributed by atoms with Crippen LogP contribution in [0.2, 0.25) is 0 Å². The molecule has 1 aromatic carbocycles. The van der Waals surface area contributed by atoms with Gasteiger partial charge in [-0.2, -0.15) is 0 Å². The van der Waals surface area contributed by atoms with E-state index in [2.05, 4.69) is 9.80 Å². The molecule has 2 N–H and O–H groups in total.